The summed E-state index contributed by atoms with van der Waals surface area (Å²) in [6.07, 6.45) is 1.38. The zero-order chi connectivity index (χ0) is 14.7. The Morgan fingerprint density at radius 1 is 1.50 bits per heavy atom. The van der Waals surface area contributed by atoms with Crippen molar-refractivity contribution < 1.29 is 14.6 Å². The molecule has 0 saturated heterocycles. The van der Waals surface area contributed by atoms with Crippen molar-refractivity contribution in [3.8, 4) is 5.88 Å². The van der Waals surface area contributed by atoms with Crippen LogP contribution in [-0.2, 0) is 16.6 Å². The molecule has 0 aliphatic heterocycles. The fraction of sp³-hybridized carbons (Fsp3) is 0.500. The quantitative estimate of drug-likeness (QED) is 0.506. The van der Waals surface area contributed by atoms with Crippen molar-refractivity contribution in [3.05, 3.63) is 6.33 Å². The normalized spacial score (nSPS) is 12.6. The highest BCUT2D eigenvalue weighted by atomic mass is 32.2. The molecule has 0 aliphatic rings. The van der Waals surface area contributed by atoms with E-state index in [9.17, 15) is 9.90 Å². The van der Waals surface area contributed by atoms with Crippen molar-refractivity contribution in [3.63, 3.8) is 0 Å². The van der Waals surface area contributed by atoms with Crippen LogP contribution in [0.25, 0.3) is 11.0 Å². The fourth-order valence-corrected chi connectivity index (χ4v) is 2.57. The largest absolute Gasteiger partial charge is 0.492 e. The lowest BCUT2D eigenvalue weighted by Crippen LogP contribution is -2.16. The van der Waals surface area contributed by atoms with Gasteiger partial charge in [-0.1, -0.05) is 6.92 Å². The van der Waals surface area contributed by atoms with Crippen molar-refractivity contribution in [1.82, 2.24) is 19.7 Å². The lowest BCUT2D eigenvalue weighted by molar-refractivity contribution is -0.146. The minimum Gasteiger partial charge on any atom is -0.492 e. The van der Waals surface area contributed by atoms with Crippen molar-refractivity contribution in [2.75, 3.05) is 12.4 Å². The molecule has 1 N–H and O–H groups in total. The minimum atomic E-state index is -0.234. The van der Waals surface area contributed by atoms with E-state index in [0.29, 0.717) is 28.4 Å². The lowest BCUT2D eigenvalue weighted by Gasteiger charge is -2.09. The maximum absolute atomic E-state index is 11.6. The summed E-state index contributed by atoms with van der Waals surface area (Å²) in [5, 5.41) is 14.6. The number of hydrogen-bond donors (Lipinski definition) is 1. The number of fused-ring (bicyclic) bond motifs is 1. The van der Waals surface area contributed by atoms with Gasteiger partial charge >= 0.3 is 5.97 Å². The standard InChI is InChI=1S/C12H16N4O3S/c1-4-19-12(18)7(2)5-20-10-8-9(13-6-14-10)11(17)16(3)15-8/h6-7,17H,4-5H2,1-3H3. The lowest BCUT2D eigenvalue weighted by atomic mass is 10.2. The molecular formula is C12H16N4O3S. The summed E-state index contributed by atoms with van der Waals surface area (Å²) >= 11 is 1.40. The van der Waals surface area contributed by atoms with Crippen LogP contribution in [0.4, 0.5) is 0 Å². The average molecular weight is 296 g/mol. The smallest absolute Gasteiger partial charge is 0.309 e. The maximum Gasteiger partial charge on any atom is 0.309 e. The number of esters is 1. The first-order valence-corrected chi connectivity index (χ1v) is 7.19. The third kappa shape index (κ3) is 2.84. The number of hydrogen-bond acceptors (Lipinski definition) is 7. The van der Waals surface area contributed by atoms with Gasteiger partial charge in [-0.05, 0) is 6.92 Å². The molecule has 108 valence electrons. The predicted octanol–water partition coefficient (Wildman–Crippen LogP) is 1.36. The van der Waals surface area contributed by atoms with E-state index in [0.717, 1.165) is 0 Å². The van der Waals surface area contributed by atoms with Gasteiger partial charge in [-0.15, -0.1) is 11.8 Å². The van der Waals surface area contributed by atoms with Crippen LogP contribution >= 0.6 is 11.8 Å². The number of ether oxygens (including phenoxy) is 1. The van der Waals surface area contributed by atoms with Crippen LogP contribution in [0.2, 0.25) is 0 Å². The third-order valence-corrected chi connectivity index (χ3v) is 3.95. The molecule has 0 aliphatic carbocycles. The van der Waals surface area contributed by atoms with Gasteiger partial charge < -0.3 is 9.84 Å². The number of aryl methyl sites for hydroxylation is 1. The fourth-order valence-electron chi connectivity index (χ4n) is 1.63. The Morgan fingerprint density at radius 2 is 2.25 bits per heavy atom. The van der Waals surface area contributed by atoms with Crippen LogP contribution in [0, 0.1) is 5.92 Å². The topological polar surface area (TPSA) is 90.1 Å². The van der Waals surface area contributed by atoms with E-state index < -0.39 is 0 Å². The van der Waals surface area contributed by atoms with Gasteiger partial charge in [0.2, 0.25) is 5.88 Å². The summed E-state index contributed by atoms with van der Waals surface area (Å²) in [5.74, 6) is 0.0709. The molecule has 2 rings (SSSR count). The van der Waals surface area contributed by atoms with Crippen LogP contribution in [0.3, 0.4) is 0 Å². The van der Waals surface area contributed by atoms with Crippen LogP contribution < -0.4 is 0 Å². The van der Waals surface area contributed by atoms with E-state index in [1.807, 2.05) is 0 Å². The number of aromatic hydroxyl groups is 1. The van der Waals surface area contributed by atoms with E-state index in [2.05, 4.69) is 15.1 Å². The summed E-state index contributed by atoms with van der Waals surface area (Å²) in [7, 11) is 1.63. The number of rotatable bonds is 5. The summed E-state index contributed by atoms with van der Waals surface area (Å²) in [4.78, 5) is 19.7. The Hall–Kier alpha value is -1.83. The van der Waals surface area contributed by atoms with Crippen LogP contribution in [0.1, 0.15) is 13.8 Å². The van der Waals surface area contributed by atoms with Gasteiger partial charge in [-0.2, -0.15) is 5.10 Å². The average Bonchev–Trinajstić information content (AvgIpc) is 2.73. The molecule has 0 aromatic carbocycles. The summed E-state index contributed by atoms with van der Waals surface area (Å²) < 4.78 is 6.30. The molecule has 0 fully saturated rings. The van der Waals surface area contributed by atoms with Crippen LogP contribution in [-0.4, -0.2) is 43.2 Å². The highest BCUT2D eigenvalue weighted by Gasteiger charge is 2.18. The summed E-state index contributed by atoms with van der Waals surface area (Å²) in [6, 6.07) is 0. The second kappa shape index (κ2) is 6.08. The second-order valence-corrected chi connectivity index (χ2v) is 5.30. The van der Waals surface area contributed by atoms with E-state index in [4.69, 9.17) is 4.74 Å². The number of thioether (sulfide) groups is 1. The number of aromatic nitrogens is 4. The first-order valence-electron chi connectivity index (χ1n) is 6.20. The minimum absolute atomic E-state index is 0.00249. The van der Waals surface area contributed by atoms with Crippen molar-refractivity contribution in [2.45, 2.75) is 18.9 Å². The van der Waals surface area contributed by atoms with E-state index in [1.54, 1.807) is 20.9 Å². The molecule has 0 radical (unpaired) electrons. The molecule has 0 amide bonds. The zero-order valence-corrected chi connectivity index (χ0v) is 12.3. The van der Waals surface area contributed by atoms with Crippen molar-refractivity contribution in [2.24, 2.45) is 13.0 Å². The summed E-state index contributed by atoms with van der Waals surface area (Å²) in [5.41, 5.74) is 0.947. The van der Waals surface area contributed by atoms with Gasteiger partial charge in [-0.25, -0.2) is 14.6 Å². The second-order valence-electron chi connectivity index (χ2n) is 4.29. The number of carbonyl (C=O) groups excluding carboxylic acids is 1. The van der Waals surface area contributed by atoms with Gasteiger partial charge in [-0.3, -0.25) is 4.79 Å². The highest BCUT2D eigenvalue weighted by molar-refractivity contribution is 7.99. The third-order valence-electron chi connectivity index (χ3n) is 2.72. The van der Waals surface area contributed by atoms with Gasteiger partial charge in [0.25, 0.3) is 0 Å². The zero-order valence-electron chi connectivity index (χ0n) is 11.5. The van der Waals surface area contributed by atoms with Gasteiger partial charge in [0, 0.05) is 12.8 Å². The molecular weight excluding hydrogens is 280 g/mol. The van der Waals surface area contributed by atoms with E-state index in [-0.39, 0.29) is 17.8 Å². The SMILES string of the molecule is CCOC(=O)C(C)CSc1ncnc2c(O)n(C)nc12. The Bertz CT molecular complexity index is 628. The number of nitrogens with zero attached hydrogens (tertiary/aromatic N) is 4. The molecule has 7 nitrogen and oxygen atoms in total. The first kappa shape index (κ1) is 14.6. The molecule has 20 heavy (non-hydrogen) atoms. The van der Waals surface area contributed by atoms with Crippen LogP contribution in [0.5, 0.6) is 5.88 Å². The predicted molar refractivity (Wildman–Crippen MR) is 74.5 cm³/mol. The Morgan fingerprint density at radius 3 is 2.95 bits per heavy atom. The van der Waals surface area contributed by atoms with Gasteiger partial charge in [0.05, 0.1) is 12.5 Å². The monoisotopic (exact) mass is 296 g/mol. The van der Waals surface area contributed by atoms with Gasteiger partial charge in [0.15, 0.2) is 5.52 Å². The highest BCUT2D eigenvalue weighted by Crippen LogP contribution is 2.29. The molecule has 1 atom stereocenters. The number of carbonyl (C=O) groups is 1. The van der Waals surface area contributed by atoms with Crippen molar-refractivity contribution in [1.29, 1.82) is 0 Å². The molecule has 2 aromatic rings. The Labute approximate surface area is 120 Å². The van der Waals surface area contributed by atoms with E-state index >= 15 is 0 Å². The summed E-state index contributed by atoms with van der Waals surface area (Å²) in [6.45, 7) is 3.96. The molecule has 0 bridgehead atoms. The first-order chi connectivity index (χ1) is 9.54. The molecule has 1 unspecified atom stereocenters. The Kier molecular flexibility index (Phi) is 4.43. The molecule has 0 spiro atoms. The maximum atomic E-state index is 11.6. The molecule has 0 saturated carbocycles. The van der Waals surface area contributed by atoms with Crippen molar-refractivity contribution >= 4 is 28.8 Å². The van der Waals surface area contributed by atoms with E-state index in [1.165, 1.54) is 22.8 Å². The van der Waals surface area contributed by atoms with Gasteiger partial charge in [0.1, 0.15) is 16.9 Å². The molecule has 2 heterocycles. The Balaban J connectivity index is 2.14. The van der Waals surface area contributed by atoms with Crippen LogP contribution in [0.15, 0.2) is 11.4 Å². The molecule has 2 aromatic heterocycles. The molecule has 8 heteroatoms.